The summed E-state index contributed by atoms with van der Waals surface area (Å²) in [6.45, 7) is 5.34. The highest BCUT2D eigenvalue weighted by atomic mass is 32.1. The van der Waals surface area contributed by atoms with E-state index >= 15 is 0 Å². The van der Waals surface area contributed by atoms with Crippen LogP contribution in [0.5, 0.6) is 5.75 Å². The van der Waals surface area contributed by atoms with Crippen LogP contribution in [-0.2, 0) is 9.53 Å². The van der Waals surface area contributed by atoms with Crippen LogP contribution in [0.25, 0.3) is 28.2 Å². The minimum Gasteiger partial charge on any atom is -0.496 e. The zero-order valence-electron chi connectivity index (χ0n) is 24.3. The summed E-state index contributed by atoms with van der Waals surface area (Å²) in [6.07, 6.45) is 1.78. The molecule has 10 nitrogen and oxygen atoms in total. The Morgan fingerprint density at radius 2 is 1.93 bits per heavy atom. The monoisotopic (exact) mass is 609 g/mol. The number of rotatable bonds is 7. The van der Waals surface area contributed by atoms with Gasteiger partial charge in [-0.3, -0.25) is 19.5 Å². The summed E-state index contributed by atoms with van der Waals surface area (Å²) in [4.78, 5) is 43.5. The molecule has 0 unspecified atom stereocenters. The molecule has 6 rings (SSSR count). The first-order valence-corrected chi connectivity index (χ1v) is 14.6. The molecular weight excluding hydrogens is 582 g/mol. The molecule has 11 heteroatoms. The fourth-order valence-electron chi connectivity index (χ4n) is 5.43. The van der Waals surface area contributed by atoms with E-state index in [0.717, 1.165) is 21.9 Å². The van der Waals surface area contributed by atoms with Crippen LogP contribution in [0.1, 0.15) is 36.8 Å². The average Bonchev–Trinajstić information content (AvgIpc) is 3.61. The van der Waals surface area contributed by atoms with Crippen LogP contribution in [0.2, 0.25) is 0 Å². The smallest absolute Gasteiger partial charge is 0.338 e. The van der Waals surface area contributed by atoms with E-state index in [1.54, 1.807) is 45.2 Å². The Hall–Kier alpha value is -5.29. The lowest BCUT2D eigenvalue weighted by Crippen LogP contribution is -2.39. The number of furan rings is 1. The molecule has 3 aromatic carbocycles. The van der Waals surface area contributed by atoms with Crippen LogP contribution in [-0.4, -0.2) is 29.2 Å². The lowest BCUT2D eigenvalue weighted by Gasteiger charge is -2.22. The van der Waals surface area contributed by atoms with Gasteiger partial charge < -0.3 is 13.9 Å². The zero-order chi connectivity index (χ0) is 31.1. The fraction of sp³-hybridized carbons (Fsp3) is 0.182. The molecule has 222 valence electrons. The second-order valence-corrected chi connectivity index (χ2v) is 11.2. The molecule has 1 aliphatic rings. The van der Waals surface area contributed by atoms with Gasteiger partial charge in [0.05, 0.1) is 34.4 Å². The molecule has 1 atom stereocenters. The van der Waals surface area contributed by atoms with Crippen molar-refractivity contribution in [3.8, 4) is 17.1 Å². The third-order valence-corrected chi connectivity index (χ3v) is 8.52. The molecular formula is C33H27N3O7S. The normalized spacial score (nSPS) is 14.8. The maximum atomic E-state index is 14.2. The SMILES string of the molecule is CCOC(=O)C1=C(C)N=c2s/c(=C\c3c(OC)ccc4ccccc34)c(=O)n2[C@@H]1c1ccc(-c2cc([N+](=O)[O-])ccc2C)o1. The molecule has 0 N–H and O–H groups in total. The predicted octanol–water partition coefficient (Wildman–Crippen LogP) is 5.44. The van der Waals surface area contributed by atoms with Gasteiger partial charge in [0.25, 0.3) is 11.2 Å². The number of fused-ring (bicyclic) bond motifs is 2. The maximum Gasteiger partial charge on any atom is 0.338 e. The van der Waals surface area contributed by atoms with Crippen LogP contribution >= 0.6 is 11.3 Å². The van der Waals surface area contributed by atoms with Crippen molar-refractivity contribution in [2.24, 2.45) is 4.99 Å². The Morgan fingerprint density at radius 3 is 2.68 bits per heavy atom. The van der Waals surface area contributed by atoms with Crippen molar-refractivity contribution < 1.29 is 23.6 Å². The third-order valence-electron chi connectivity index (χ3n) is 7.54. The van der Waals surface area contributed by atoms with Gasteiger partial charge in [0.1, 0.15) is 23.3 Å². The second kappa shape index (κ2) is 11.4. The molecule has 3 heterocycles. The molecule has 5 aromatic rings. The first-order valence-electron chi connectivity index (χ1n) is 13.8. The zero-order valence-corrected chi connectivity index (χ0v) is 25.1. The number of benzene rings is 3. The number of nitro benzene ring substituents is 1. The van der Waals surface area contributed by atoms with E-state index in [-0.39, 0.29) is 23.4 Å². The van der Waals surface area contributed by atoms with Gasteiger partial charge in [0, 0.05) is 23.3 Å². The van der Waals surface area contributed by atoms with E-state index in [1.807, 2.05) is 43.3 Å². The molecule has 0 saturated heterocycles. The lowest BCUT2D eigenvalue weighted by molar-refractivity contribution is -0.384. The number of allylic oxidation sites excluding steroid dienone is 1. The van der Waals surface area contributed by atoms with Crippen LogP contribution in [0.4, 0.5) is 5.69 Å². The second-order valence-electron chi connectivity index (χ2n) is 10.2. The molecule has 1 aliphatic heterocycles. The summed E-state index contributed by atoms with van der Waals surface area (Å²) in [6, 6.07) is 18.5. The number of nitrogens with zero attached hydrogens (tertiary/aromatic N) is 3. The minimum absolute atomic E-state index is 0.0802. The number of aromatic nitrogens is 1. The Morgan fingerprint density at radius 1 is 1.14 bits per heavy atom. The molecule has 0 aliphatic carbocycles. The summed E-state index contributed by atoms with van der Waals surface area (Å²) in [7, 11) is 1.58. The minimum atomic E-state index is -0.977. The quantitative estimate of drug-likeness (QED) is 0.137. The Kier molecular flexibility index (Phi) is 7.48. The number of hydrogen-bond donors (Lipinski definition) is 0. The van der Waals surface area contributed by atoms with Gasteiger partial charge in [0.2, 0.25) is 0 Å². The van der Waals surface area contributed by atoms with Gasteiger partial charge in [-0.1, -0.05) is 47.7 Å². The van der Waals surface area contributed by atoms with Crippen LogP contribution in [0.3, 0.4) is 0 Å². The number of esters is 1. The standard InChI is InChI=1S/C33H27N3O7S/c1-5-42-32(38)29-19(3)34-33-35(30(29)27-15-14-26(43-27)23-16-21(36(39)40)12-10-18(23)2)31(37)28(44-33)17-24-22-9-7-6-8-20(22)11-13-25(24)41-4/h6-17,30H,5H2,1-4H3/b28-17-/t30-/m1/s1. The highest BCUT2D eigenvalue weighted by Crippen LogP contribution is 2.36. The summed E-state index contributed by atoms with van der Waals surface area (Å²) in [5.74, 6) is 0.644. The van der Waals surface area contributed by atoms with Crippen molar-refractivity contribution in [3.63, 3.8) is 0 Å². The van der Waals surface area contributed by atoms with E-state index in [0.29, 0.717) is 37.9 Å². The molecule has 0 amide bonds. The number of hydrogen-bond acceptors (Lipinski definition) is 9. The molecule has 0 fully saturated rings. The van der Waals surface area contributed by atoms with E-state index < -0.39 is 16.9 Å². The lowest BCUT2D eigenvalue weighted by atomic mass is 10.0. The Balaban J connectivity index is 1.56. The predicted molar refractivity (Wildman–Crippen MR) is 166 cm³/mol. The van der Waals surface area contributed by atoms with Crippen molar-refractivity contribution in [2.75, 3.05) is 13.7 Å². The largest absolute Gasteiger partial charge is 0.496 e. The summed E-state index contributed by atoms with van der Waals surface area (Å²) >= 11 is 1.19. The number of thiazole rings is 1. The van der Waals surface area contributed by atoms with Crippen molar-refractivity contribution >= 4 is 39.8 Å². The summed E-state index contributed by atoms with van der Waals surface area (Å²) < 4.78 is 19.1. The van der Waals surface area contributed by atoms with Crippen molar-refractivity contribution in [1.29, 1.82) is 0 Å². The fourth-order valence-corrected chi connectivity index (χ4v) is 6.46. The van der Waals surface area contributed by atoms with E-state index in [1.165, 1.54) is 28.0 Å². The van der Waals surface area contributed by atoms with Gasteiger partial charge in [-0.2, -0.15) is 0 Å². The third kappa shape index (κ3) is 4.90. The summed E-state index contributed by atoms with van der Waals surface area (Å²) in [5, 5.41) is 13.4. The van der Waals surface area contributed by atoms with Crippen LogP contribution in [0.15, 0.2) is 92.2 Å². The molecule has 0 spiro atoms. The van der Waals surface area contributed by atoms with Gasteiger partial charge in [-0.05, 0) is 61.4 Å². The van der Waals surface area contributed by atoms with E-state index in [4.69, 9.17) is 13.9 Å². The Labute approximate surface area is 255 Å². The van der Waals surface area contributed by atoms with Gasteiger partial charge in [-0.25, -0.2) is 9.79 Å². The van der Waals surface area contributed by atoms with Gasteiger partial charge in [0.15, 0.2) is 4.80 Å². The van der Waals surface area contributed by atoms with Crippen molar-refractivity contribution in [2.45, 2.75) is 26.8 Å². The summed E-state index contributed by atoms with van der Waals surface area (Å²) in [5.41, 5.74) is 2.16. The Bertz CT molecular complexity index is 2190. The number of nitro groups is 1. The number of methoxy groups -OCH3 is 1. The van der Waals surface area contributed by atoms with E-state index in [2.05, 4.69) is 4.99 Å². The molecule has 0 radical (unpaired) electrons. The van der Waals surface area contributed by atoms with Crippen LogP contribution in [0, 0.1) is 17.0 Å². The molecule has 0 bridgehead atoms. The van der Waals surface area contributed by atoms with Gasteiger partial charge in [-0.15, -0.1) is 0 Å². The van der Waals surface area contributed by atoms with Gasteiger partial charge >= 0.3 is 5.97 Å². The average molecular weight is 610 g/mol. The number of non-ortho nitro benzene ring substituents is 1. The number of ether oxygens (including phenoxy) is 2. The first kappa shape index (κ1) is 28.8. The number of carbonyl (C=O) groups excluding carboxylic acids is 1. The highest BCUT2D eigenvalue weighted by molar-refractivity contribution is 7.07. The molecule has 0 saturated carbocycles. The highest BCUT2D eigenvalue weighted by Gasteiger charge is 2.35. The topological polar surface area (TPSA) is 126 Å². The number of aryl methyl sites for hydroxylation is 1. The van der Waals surface area contributed by atoms with Crippen molar-refractivity contribution in [3.05, 3.63) is 125 Å². The maximum absolute atomic E-state index is 14.2. The van der Waals surface area contributed by atoms with Crippen molar-refractivity contribution in [1.82, 2.24) is 4.57 Å². The van der Waals surface area contributed by atoms with Crippen LogP contribution < -0.4 is 19.6 Å². The first-order chi connectivity index (χ1) is 21.2. The molecule has 2 aromatic heterocycles. The molecule has 44 heavy (non-hydrogen) atoms. The van der Waals surface area contributed by atoms with E-state index in [9.17, 15) is 19.7 Å². The number of carbonyl (C=O) groups is 1.